The van der Waals surface area contributed by atoms with Crippen molar-refractivity contribution in [2.45, 2.75) is 31.7 Å². The lowest BCUT2D eigenvalue weighted by atomic mass is 10.1. The molecular formula is C16H24N2. The third kappa shape index (κ3) is 2.93. The normalized spacial score (nSPS) is 25.9. The molecule has 2 heterocycles. The second-order valence-corrected chi connectivity index (χ2v) is 5.72. The van der Waals surface area contributed by atoms with Crippen molar-refractivity contribution in [3.63, 3.8) is 0 Å². The zero-order valence-electron chi connectivity index (χ0n) is 11.2. The Hall–Kier alpha value is -0.860. The Morgan fingerprint density at radius 2 is 1.83 bits per heavy atom. The highest BCUT2D eigenvalue weighted by molar-refractivity contribution is 5.14. The molecule has 0 bridgehead atoms. The van der Waals surface area contributed by atoms with Crippen LogP contribution in [0.15, 0.2) is 30.3 Å². The summed E-state index contributed by atoms with van der Waals surface area (Å²) in [4.78, 5) is 5.39. The van der Waals surface area contributed by atoms with Gasteiger partial charge in [-0.3, -0.25) is 4.90 Å². The van der Waals surface area contributed by atoms with Crippen LogP contribution in [-0.2, 0) is 6.42 Å². The number of nitrogens with zero attached hydrogens (tertiary/aromatic N) is 2. The largest absolute Gasteiger partial charge is 0.301 e. The molecule has 1 aromatic rings. The summed E-state index contributed by atoms with van der Waals surface area (Å²) in [6, 6.07) is 11.8. The lowest BCUT2D eigenvalue weighted by Gasteiger charge is -2.25. The molecule has 1 unspecified atom stereocenters. The molecule has 2 fully saturated rings. The molecule has 0 aliphatic carbocycles. The van der Waals surface area contributed by atoms with E-state index in [1.165, 1.54) is 64.0 Å². The zero-order valence-corrected chi connectivity index (χ0v) is 11.2. The highest BCUT2D eigenvalue weighted by Crippen LogP contribution is 2.21. The molecule has 2 nitrogen and oxygen atoms in total. The van der Waals surface area contributed by atoms with Gasteiger partial charge in [-0.1, -0.05) is 30.3 Å². The Balaban J connectivity index is 1.53. The van der Waals surface area contributed by atoms with E-state index in [2.05, 4.69) is 40.1 Å². The fraction of sp³-hybridized carbons (Fsp3) is 0.625. The summed E-state index contributed by atoms with van der Waals surface area (Å²) in [7, 11) is 0. The Bertz CT molecular complexity index is 363. The van der Waals surface area contributed by atoms with Gasteiger partial charge in [-0.25, -0.2) is 0 Å². The third-order valence-corrected chi connectivity index (χ3v) is 4.45. The maximum absolute atomic E-state index is 2.71. The van der Waals surface area contributed by atoms with Gasteiger partial charge in [0, 0.05) is 19.1 Å². The molecule has 1 aromatic carbocycles. The Labute approximate surface area is 111 Å². The third-order valence-electron chi connectivity index (χ3n) is 4.45. The summed E-state index contributed by atoms with van der Waals surface area (Å²) in [6.07, 6.45) is 5.39. The van der Waals surface area contributed by atoms with Crippen molar-refractivity contribution in [2.24, 2.45) is 0 Å². The number of fused-ring (bicyclic) bond motifs is 1. The molecule has 0 spiro atoms. The maximum Gasteiger partial charge on any atom is 0.0223 e. The smallest absolute Gasteiger partial charge is 0.0223 e. The van der Waals surface area contributed by atoms with Crippen LogP contribution in [0.1, 0.15) is 24.8 Å². The van der Waals surface area contributed by atoms with Crippen molar-refractivity contribution in [1.29, 1.82) is 0 Å². The van der Waals surface area contributed by atoms with Crippen LogP contribution in [0.25, 0.3) is 0 Å². The summed E-state index contributed by atoms with van der Waals surface area (Å²) in [5.74, 6) is 0. The molecular weight excluding hydrogens is 220 g/mol. The van der Waals surface area contributed by atoms with Crippen LogP contribution in [0.4, 0.5) is 0 Å². The first-order chi connectivity index (χ1) is 8.92. The van der Waals surface area contributed by atoms with E-state index in [-0.39, 0.29) is 0 Å². The van der Waals surface area contributed by atoms with E-state index in [4.69, 9.17) is 0 Å². The molecule has 2 heteroatoms. The van der Waals surface area contributed by atoms with E-state index in [0.29, 0.717) is 0 Å². The van der Waals surface area contributed by atoms with Gasteiger partial charge in [0.1, 0.15) is 0 Å². The Morgan fingerprint density at radius 1 is 1.00 bits per heavy atom. The van der Waals surface area contributed by atoms with Crippen molar-refractivity contribution in [1.82, 2.24) is 9.80 Å². The van der Waals surface area contributed by atoms with Gasteiger partial charge in [0.15, 0.2) is 0 Å². The number of rotatable bonds is 3. The fourth-order valence-electron chi connectivity index (χ4n) is 3.42. The van der Waals surface area contributed by atoms with Gasteiger partial charge in [-0.15, -0.1) is 0 Å². The van der Waals surface area contributed by atoms with Crippen LogP contribution >= 0.6 is 0 Å². The van der Waals surface area contributed by atoms with Crippen molar-refractivity contribution < 1.29 is 0 Å². The second-order valence-electron chi connectivity index (χ2n) is 5.72. The van der Waals surface area contributed by atoms with E-state index in [1.54, 1.807) is 0 Å². The zero-order chi connectivity index (χ0) is 12.2. The molecule has 1 atom stereocenters. The van der Waals surface area contributed by atoms with Gasteiger partial charge in [0.05, 0.1) is 0 Å². The van der Waals surface area contributed by atoms with Crippen LogP contribution in [0.5, 0.6) is 0 Å². The van der Waals surface area contributed by atoms with Crippen molar-refractivity contribution in [3.05, 3.63) is 35.9 Å². The highest BCUT2D eigenvalue weighted by Gasteiger charge is 2.28. The fourth-order valence-corrected chi connectivity index (χ4v) is 3.42. The quantitative estimate of drug-likeness (QED) is 0.805. The maximum atomic E-state index is 2.71. The SMILES string of the molecule is c1ccc(CCN2CCCN3CCCC3C2)cc1. The van der Waals surface area contributed by atoms with Gasteiger partial charge in [-0.2, -0.15) is 0 Å². The molecule has 98 valence electrons. The van der Waals surface area contributed by atoms with Gasteiger partial charge < -0.3 is 4.90 Å². The number of hydrogen-bond donors (Lipinski definition) is 0. The van der Waals surface area contributed by atoms with Crippen molar-refractivity contribution in [3.8, 4) is 0 Å². The summed E-state index contributed by atoms with van der Waals surface area (Å²) < 4.78 is 0. The average Bonchev–Trinajstić information content (AvgIpc) is 2.76. The average molecular weight is 244 g/mol. The van der Waals surface area contributed by atoms with E-state index < -0.39 is 0 Å². The van der Waals surface area contributed by atoms with Crippen LogP contribution < -0.4 is 0 Å². The monoisotopic (exact) mass is 244 g/mol. The summed E-state index contributed by atoms with van der Waals surface area (Å²) in [6.45, 7) is 6.49. The number of benzene rings is 1. The molecule has 0 aromatic heterocycles. The minimum absolute atomic E-state index is 0.850. The first-order valence-corrected chi connectivity index (χ1v) is 7.42. The molecule has 0 saturated carbocycles. The van der Waals surface area contributed by atoms with Crippen molar-refractivity contribution in [2.75, 3.05) is 32.7 Å². The molecule has 2 aliphatic heterocycles. The molecule has 3 rings (SSSR count). The summed E-state index contributed by atoms with van der Waals surface area (Å²) >= 11 is 0. The van der Waals surface area contributed by atoms with Crippen LogP contribution in [-0.4, -0.2) is 48.6 Å². The Morgan fingerprint density at radius 3 is 2.72 bits per heavy atom. The van der Waals surface area contributed by atoms with Gasteiger partial charge in [0.2, 0.25) is 0 Å². The Kier molecular flexibility index (Phi) is 3.96. The molecule has 0 N–H and O–H groups in total. The van der Waals surface area contributed by atoms with E-state index in [0.717, 1.165) is 6.04 Å². The summed E-state index contributed by atoms with van der Waals surface area (Å²) in [5.41, 5.74) is 1.48. The van der Waals surface area contributed by atoms with Crippen molar-refractivity contribution >= 4 is 0 Å². The minimum Gasteiger partial charge on any atom is -0.301 e. The van der Waals surface area contributed by atoms with Crippen LogP contribution in [0, 0.1) is 0 Å². The van der Waals surface area contributed by atoms with E-state index in [9.17, 15) is 0 Å². The first-order valence-electron chi connectivity index (χ1n) is 7.42. The van der Waals surface area contributed by atoms with Gasteiger partial charge in [-0.05, 0) is 50.9 Å². The van der Waals surface area contributed by atoms with Gasteiger partial charge >= 0.3 is 0 Å². The lowest BCUT2D eigenvalue weighted by Crippen LogP contribution is -2.37. The second kappa shape index (κ2) is 5.85. The topological polar surface area (TPSA) is 6.48 Å². The van der Waals surface area contributed by atoms with Gasteiger partial charge in [0.25, 0.3) is 0 Å². The predicted molar refractivity (Wildman–Crippen MR) is 75.8 cm³/mol. The number of hydrogen-bond acceptors (Lipinski definition) is 2. The molecule has 18 heavy (non-hydrogen) atoms. The van der Waals surface area contributed by atoms with Crippen LogP contribution in [0.3, 0.4) is 0 Å². The summed E-state index contributed by atoms with van der Waals surface area (Å²) in [5, 5.41) is 0. The molecule has 0 radical (unpaired) electrons. The lowest BCUT2D eigenvalue weighted by molar-refractivity contribution is 0.221. The molecule has 2 aliphatic rings. The predicted octanol–water partition coefficient (Wildman–Crippen LogP) is 2.40. The van der Waals surface area contributed by atoms with E-state index >= 15 is 0 Å². The highest BCUT2D eigenvalue weighted by atomic mass is 15.3. The minimum atomic E-state index is 0.850. The van der Waals surface area contributed by atoms with Crippen LogP contribution in [0.2, 0.25) is 0 Å². The van der Waals surface area contributed by atoms with E-state index in [1.807, 2.05) is 0 Å². The molecule has 2 saturated heterocycles. The standard InChI is InChI=1S/C16H24N2/c1-2-6-15(7-3-1)9-13-17-10-5-12-18-11-4-8-16(18)14-17/h1-3,6-7,16H,4-5,8-14H2. The molecule has 0 amide bonds. The first kappa shape index (κ1) is 12.2.